The Morgan fingerprint density at radius 3 is 3.22 bits per heavy atom. The van der Waals surface area contributed by atoms with Crippen LogP contribution in [0.25, 0.3) is 0 Å². The zero-order valence-electron chi connectivity index (χ0n) is 10.8. The lowest BCUT2D eigenvalue weighted by Gasteiger charge is -2.35. The van der Waals surface area contributed by atoms with Crippen LogP contribution in [-0.2, 0) is 11.3 Å². The van der Waals surface area contributed by atoms with Gasteiger partial charge in [0.25, 0.3) is 0 Å². The van der Waals surface area contributed by atoms with Gasteiger partial charge in [0, 0.05) is 26.1 Å². The second-order valence-corrected chi connectivity index (χ2v) is 5.09. The minimum Gasteiger partial charge on any atom is -0.424 e. The van der Waals surface area contributed by atoms with Gasteiger partial charge in [0.05, 0.1) is 19.3 Å². The van der Waals surface area contributed by atoms with Gasteiger partial charge in [-0.05, 0) is 19.4 Å². The standard InChI is InChI=1S/C12H20N4O2/c1-9-14-15-12(18-9)6-13-5-11-7-16-4-2-3-10(16)8-17-11/h10-11,13H,2-8H2,1H3. The van der Waals surface area contributed by atoms with E-state index in [0.717, 1.165) is 19.7 Å². The summed E-state index contributed by atoms with van der Waals surface area (Å²) in [6, 6.07) is 0.667. The van der Waals surface area contributed by atoms with Gasteiger partial charge < -0.3 is 14.5 Å². The average molecular weight is 252 g/mol. The molecule has 2 saturated heterocycles. The fraction of sp³-hybridized carbons (Fsp3) is 0.833. The van der Waals surface area contributed by atoms with Crippen molar-refractivity contribution in [2.45, 2.75) is 38.5 Å². The Kier molecular flexibility index (Phi) is 3.58. The molecule has 1 N–H and O–H groups in total. The lowest BCUT2D eigenvalue weighted by Crippen LogP contribution is -2.49. The third-order valence-corrected chi connectivity index (χ3v) is 3.68. The fourth-order valence-electron chi connectivity index (χ4n) is 2.76. The van der Waals surface area contributed by atoms with Crippen LogP contribution < -0.4 is 5.32 Å². The van der Waals surface area contributed by atoms with E-state index in [1.165, 1.54) is 19.4 Å². The largest absolute Gasteiger partial charge is 0.424 e. The van der Waals surface area contributed by atoms with Gasteiger partial charge in [0.15, 0.2) is 0 Å². The van der Waals surface area contributed by atoms with E-state index in [4.69, 9.17) is 9.15 Å². The van der Waals surface area contributed by atoms with E-state index < -0.39 is 0 Å². The summed E-state index contributed by atoms with van der Waals surface area (Å²) in [5.41, 5.74) is 0. The predicted molar refractivity (Wildman–Crippen MR) is 65.1 cm³/mol. The van der Waals surface area contributed by atoms with Crippen LogP contribution in [0.2, 0.25) is 0 Å². The Balaban J connectivity index is 1.41. The minimum absolute atomic E-state index is 0.281. The molecule has 18 heavy (non-hydrogen) atoms. The normalized spacial score (nSPS) is 28.5. The summed E-state index contributed by atoms with van der Waals surface area (Å²) in [6.07, 6.45) is 2.89. The first-order chi connectivity index (χ1) is 8.81. The number of hydrogen-bond donors (Lipinski definition) is 1. The van der Waals surface area contributed by atoms with Crippen molar-refractivity contribution >= 4 is 0 Å². The van der Waals surface area contributed by atoms with Gasteiger partial charge in [-0.1, -0.05) is 0 Å². The van der Waals surface area contributed by atoms with E-state index in [2.05, 4.69) is 20.4 Å². The second kappa shape index (κ2) is 5.34. The predicted octanol–water partition coefficient (Wildman–Crippen LogP) is 0.331. The number of nitrogens with zero attached hydrogens (tertiary/aromatic N) is 3. The molecule has 0 aromatic carbocycles. The number of aromatic nitrogens is 2. The average Bonchev–Trinajstić information content (AvgIpc) is 2.97. The molecule has 2 unspecified atom stereocenters. The van der Waals surface area contributed by atoms with Crippen LogP contribution in [-0.4, -0.2) is 53.5 Å². The number of aryl methyl sites for hydroxylation is 1. The highest BCUT2D eigenvalue weighted by atomic mass is 16.5. The van der Waals surface area contributed by atoms with Crippen molar-refractivity contribution in [3.05, 3.63) is 11.8 Å². The van der Waals surface area contributed by atoms with Gasteiger partial charge in [-0.3, -0.25) is 4.90 Å². The Labute approximate surface area is 107 Å². The number of nitrogens with one attached hydrogen (secondary N) is 1. The zero-order valence-corrected chi connectivity index (χ0v) is 10.8. The first kappa shape index (κ1) is 12.1. The number of morpholine rings is 1. The van der Waals surface area contributed by atoms with Crippen molar-refractivity contribution in [2.75, 3.05) is 26.2 Å². The van der Waals surface area contributed by atoms with Gasteiger partial charge in [-0.2, -0.15) is 0 Å². The van der Waals surface area contributed by atoms with Crippen molar-refractivity contribution < 1.29 is 9.15 Å². The molecule has 2 atom stereocenters. The van der Waals surface area contributed by atoms with Gasteiger partial charge in [-0.25, -0.2) is 0 Å². The molecule has 0 aliphatic carbocycles. The van der Waals surface area contributed by atoms with Crippen molar-refractivity contribution in [2.24, 2.45) is 0 Å². The maximum Gasteiger partial charge on any atom is 0.230 e. The first-order valence-corrected chi connectivity index (χ1v) is 6.66. The number of rotatable bonds is 4. The molecule has 2 aliphatic rings. The first-order valence-electron chi connectivity index (χ1n) is 6.66. The molecule has 0 bridgehead atoms. The van der Waals surface area contributed by atoms with E-state index in [1.807, 2.05) is 0 Å². The van der Waals surface area contributed by atoms with Crippen molar-refractivity contribution in [3.8, 4) is 0 Å². The maximum atomic E-state index is 5.86. The van der Waals surface area contributed by atoms with Crippen LogP contribution in [0.15, 0.2) is 4.42 Å². The summed E-state index contributed by atoms with van der Waals surface area (Å²) < 4.78 is 11.2. The van der Waals surface area contributed by atoms with E-state index >= 15 is 0 Å². The Bertz CT molecular complexity index is 395. The SMILES string of the molecule is Cc1nnc(CNCC2CN3CCCC3CO2)o1. The molecule has 0 amide bonds. The molecule has 1 aromatic rings. The second-order valence-electron chi connectivity index (χ2n) is 5.09. The molecule has 0 radical (unpaired) electrons. The quantitative estimate of drug-likeness (QED) is 0.833. The molecule has 0 saturated carbocycles. The maximum absolute atomic E-state index is 5.86. The molecule has 6 heteroatoms. The molecule has 6 nitrogen and oxygen atoms in total. The number of ether oxygens (including phenoxy) is 1. The summed E-state index contributed by atoms with van der Waals surface area (Å²) in [7, 11) is 0. The molecular formula is C12H20N4O2. The fourth-order valence-corrected chi connectivity index (χ4v) is 2.76. The van der Waals surface area contributed by atoms with E-state index in [-0.39, 0.29) is 6.10 Å². The van der Waals surface area contributed by atoms with Crippen molar-refractivity contribution in [1.29, 1.82) is 0 Å². The summed E-state index contributed by atoms with van der Waals surface area (Å²) in [6.45, 7) is 6.41. The molecule has 3 rings (SSSR count). The van der Waals surface area contributed by atoms with Crippen molar-refractivity contribution in [1.82, 2.24) is 20.4 Å². The third-order valence-electron chi connectivity index (χ3n) is 3.68. The van der Waals surface area contributed by atoms with Gasteiger partial charge >= 0.3 is 0 Å². The van der Waals surface area contributed by atoms with Gasteiger partial charge in [-0.15, -0.1) is 10.2 Å². The number of hydrogen-bond acceptors (Lipinski definition) is 6. The zero-order chi connectivity index (χ0) is 12.4. The van der Waals surface area contributed by atoms with Crippen LogP contribution in [0.4, 0.5) is 0 Å². The summed E-state index contributed by atoms with van der Waals surface area (Å²) in [4.78, 5) is 2.55. The molecular weight excluding hydrogens is 232 g/mol. The van der Waals surface area contributed by atoms with E-state index in [9.17, 15) is 0 Å². The van der Waals surface area contributed by atoms with Gasteiger partial charge in [0.2, 0.25) is 11.8 Å². The van der Waals surface area contributed by atoms with E-state index in [0.29, 0.717) is 24.4 Å². The highest BCUT2D eigenvalue weighted by Crippen LogP contribution is 2.22. The topological polar surface area (TPSA) is 63.4 Å². The molecule has 0 spiro atoms. The highest BCUT2D eigenvalue weighted by molar-refractivity contribution is 4.86. The Hall–Kier alpha value is -0.980. The molecule has 1 aromatic heterocycles. The van der Waals surface area contributed by atoms with E-state index in [1.54, 1.807) is 6.92 Å². The highest BCUT2D eigenvalue weighted by Gasteiger charge is 2.31. The van der Waals surface area contributed by atoms with Gasteiger partial charge in [0.1, 0.15) is 0 Å². The summed E-state index contributed by atoms with van der Waals surface area (Å²) >= 11 is 0. The molecule has 100 valence electrons. The van der Waals surface area contributed by atoms with Crippen LogP contribution in [0.5, 0.6) is 0 Å². The minimum atomic E-state index is 0.281. The van der Waals surface area contributed by atoms with Crippen LogP contribution in [0.1, 0.15) is 24.6 Å². The number of fused-ring (bicyclic) bond motifs is 1. The summed E-state index contributed by atoms with van der Waals surface area (Å²) in [5, 5.41) is 11.1. The lowest BCUT2D eigenvalue weighted by atomic mass is 10.2. The Morgan fingerprint density at radius 2 is 2.39 bits per heavy atom. The molecule has 2 fully saturated rings. The van der Waals surface area contributed by atoms with Crippen LogP contribution in [0.3, 0.4) is 0 Å². The lowest BCUT2D eigenvalue weighted by molar-refractivity contribution is -0.0471. The smallest absolute Gasteiger partial charge is 0.230 e. The Morgan fingerprint density at radius 1 is 1.44 bits per heavy atom. The summed E-state index contributed by atoms with van der Waals surface area (Å²) in [5.74, 6) is 1.25. The molecule has 3 heterocycles. The molecule has 2 aliphatic heterocycles. The third kappa shape index (κ3) is 2.71. The van der Waals surface area contributed by atoms with Crippen molar-refractivity contribution in [3.63, 3.8) is 0 Å². The monoisotopic (exact) mass is 252 g/mol. The van der Waals surface area contributed by atoms with Crippen LogP contribution in [0, 0.1) is 6.92 Å². The van der Waals surface area contributed by atoms with Crippen LogP contribution >= 0.6 is 0 Å².